The van der Waals surface area contributed by atoms with E-state index in [1.807, 2.05) is 37.3 Å². The lowest BCUT2D eigenvalue weighted by Gasteiger charge is -2.10. The predicted molar refractivity (Wildman–Crippen MR) is 70.0 cm³/mol. The number of thioether (sulfide) groups is 1. The van der Waals surface area contributed by atoms with Crippen molar-refractivity contribution in [2.75, 3.05) is 6.61 Å². The van der Waals surface area contributed by atoms with Gasteiger partial charge in [-0.1, -0.05) is 25.1 Å². The third kappa shape index (κ3) is 3.77. The molecule has 1 aliphatic rings. The van der Waals surface area contributed by atoms with Gasteiger partial charge in [0.15, 0.2) is 0 Å². The number of rotatable bonds is 5. The zero-order valence-electron chi connectivity index (χ0n) is 10.3. The first kappa shape index (κ1) is 12.5. The van der Waals surface area contributed by atoms with Crippen molar-refractivity contribution in [1.29, 1.82) is 0 Å². The number of hydrogen-bond acceptors (Lipinski definition) is 3. The van der Waals surface area contributed by atoms with Crippen LogP contribution >= 0.6 is 11.8 Å². The van der Waals surface area contributed by atoms with Gasteiger partial charge in [-0.3, -0.25) is 4.79 Å². The van der Waals surface area contributed by atoms with E-state index in [0.29, 0.717) is 12.5 Å². The second-order valence-electron chi connectivity index (χ2n) is 4.68. The predicted octanol–water partition coefficient (Wildman–Crippen LogP) is 3.37. The number of benzene rings is 1. The Morgan fingerprint density at radius 2 is 2.12 bits per heavy atom. The molecule has 3 atom stereocenters. The van der Waals surface area contributed by atoms with Gasteiger partial charge in [0.2, 0.25) is 0 Å². The largest absolute Gasteiger partial charge is 0.465 e. The van der Waals surface area contributed by atoms with Crippen LogP contribution < -0.4 is 0 Å². The van der Waals surface area contributed by atoms with Crippen LogP contribution in [0.4, 0.5) is 0 Å². The molecule has 1 aromatic carbocycles. The number of hydrogen-bond donors (Lipinski definition) is 0. The molecule has 0 spiro atoms. The Labute approximate surface area is 107 Å². The Hall–Kier alpha value is -0.960. The van der Waals surface area contributed by atoms with Gasteiger partial charge in [-0.15, -0.1) is 11.8 Å². The first-order chi connectivity index (χ1) is 8.16. The molecule has 3 heteroatoms. The molecule has 17 heavy (non-hydrogen) atoms. The zero-order chi connectivity index (χ0) is 12.3. The van der Waals surface area contributed by atoms with E-state index in [-0.39, 0.29) is 11.2 Å². The third-order valence-corrected chi connectivity index (χ3v) is 4.19. The van der Waals surface area contributed by atoms with E-state index < -0.39 is 0 Å². The monoisotopic (exact) mass is 250 g/mol. The summed E-state index contributed by atoms with van der Waals surface area (Å²) in [6.45, 7) is 4.69. The van der Waals surface area contributed by atoms with Crippen LogP contribution in [0.2, 0.25) is 0 Å². The Kier molecular flexibility index (Phi) is 4.11. The van der Waals surface area contributed by atoms with Crippen molar-refractivity contribution in [2.45, 2.75) is 30.4 Å². The molecule has 0 aromatic heterocycles. The van der Waals surface area contributed by atoms with Gasteiger partial charge in [0.05, 0.1) is 6.61 Å². The normalized spacial score (nSPS) is 24.1. The lowest BCUT2D eigenvalue weighted by atomic mass is 10.4. The molecule has 0 amide bonds. The van der Waals surface area contributed by atoms with Gasteiger partial charge in [0, 0.05) is 4.90 Å². The Morgan fingerprint density at radius 3 is 2.71 bits per heavy atom. The van der Waals surface area contributed by atoms with Crippen LogP contribution in [0, 0.1) is 11.8 Å². The molecule has 92 valence electrons. The number of carbonyl (C=O) groups is 1. The SMILES string of the molecule is CC(Sc1ccccc1)C(=O)OCC1CC1C. The van der Waals surface area contributed by atoms with Crippen molar-refractivity contribution < 1.29 is 9.53 Å². The van der Waals surface area contributed by atoms with E-state index in [4.69, 9.17) is 4.74 Å². The van der Waals surface area contributed by atoms with Crippen molar-refractivity contribution in [2.24, 2.45) is 11.8 Å². The van der Waals surface area contributed by atoms with Gasteiger partial charge in [0.1, 0.15) is 5.25 Å². The Bertz CT molecular complexity index is 377. The van der Waals surface area contributed by atoms with Crippen molar-refractivity contribution in [3.63, 3.8) is 0 Å². The summed E-state index contributed by atoms with van der Waals surface area (Å²) >= 11 is 1.55. The van der Waals surface area contributed by atoms with Gasteiger partial charge in [-0.25, -0.2) is 0 Å². The third-order valence-electron chi connectivity index (χ3n) is 3.10. The summed E-state index contributed by atoms with van der Waals surface area (Å²) in [7, 11) is 0. The maximum atomic E-state index is 11.7. The van der Waals surface area contributed by atoms with Gasteiger partial charge < -0.3 is 4.74 Å². The Morgan fingerprint density at radius 1 is 1.47 bits per heavy atom. The fourth-order valence-corrected chi connectivity index (χ4v) is 2.58. The standard InChI is InChI=1S/C14H18O2S/c1-10-8-12(10)9-16-14(15)11(2)17-13-6-4-3-5-7-13/h3-7,10-12H,8-9H2,1-2H3. The summed E-state index contributed by atoms with van der Waals surface area (Å²) in [5.41, 5.74) is 0. The van der Waals surface area contributed by atoms with E-state index in [2.05, 4.69) is 6.92 Å². The minimum atomic E-state index is -0.133. The molecule has 1 fully saturated rings. The van der Waals surface area contributed by atoms with Crippen LogP contribution in [0.15, 0.2) is 35.2 Å². The summed E-state index contributed by atoms with van der Waals surface area (Å²) in [5, 5.41) is -0.133. The molecule has 3 unspecified atom stereocenters. The molecule has 1 saturated carbocycles. The highest BCUT2D eigenvalue weighted by Crippen LogP contribution is 2.37. The quantitative estimate of drug-likeness (QED) is 0.592. The molecule has 0 aliphatic heterocycles. The molecule has 0 saturated heterocycles. The summed E-state index contributed by atoms with van der Waals surface area (Å²) in [4.78, 5) is 12.9. The van der Waals surface area contributed by atoms with E-state index >= 15 is 0 Å². The fourth-order valence-electron chi connectivity index (χ4n) is 1.69. The highest BCUT2D eigenvalue weighted by Gasteiger charge is 2.34. The average molecular weight is 250 g/mol. The molecule has 2 rings (SSSR count). The van der Waals surface area contributed by atoms with Gasteiger partial charge >= 0.3 is 5.97 Å². The zero-order valence-corrected chi connectivity index (χ0v) is 11.1. The smallest absolute Gasteiger partial charge is 0.319 e. The first-order valence-electron chi connectivity index (χ1n) is 6.05. The molecule has 1 aromatic rings. The van der Waals surface area contributed by atoms with Crippen LogP contribution in [0.5, 0.6) is 0 Å². The molecule has 0 heterocycles. The molecule has 0 N–H and O–H groups in total. The number of esters is 1. The molecular formula is C14H18O2S. The van der Waals surface area contributed by atoms with Crippen molar-refractivity contribution in [3.05, 3.63) is 30.3 Å². The second-order valence-corrected chi connectivity index (χ2v) is 6.09. The molecule has 1 aliphatic carbocycles. The summed E-state index contributed by atoms with van der Waals surface area (Å²) in [6, 6.07) is 9.95. The molecule has 2 nitrogen and oxygen atoms in total. The van der Waals surface area contributed by atoms with Gasteiger partial charge in [-0.05, 0) is 37.3 Å². The van der Waals surface area contributed by atoms with Crippen molar-refractivity contribution in [3.8, 4) is 0 Å². The summed E-state index contributed by atoms with van der Waals surface area (Å²) in [5.74, 6) is 1.24. The molecular weight excluding hydrogens is 232 g/mol. The van der Waals surface area contributed by atoms with Crippen molar-refractivity contribution >= 4 is 17.7 Å². The fraction of sp³-hybridized carbons (Fsp3) is 0.500. The van der Waals surface area contributed by atoms with Crippen molar-refractivity contribution in [1.82, 2.24) is 0 Å². The number of ether oxygens (including phenoxy) is 1. The average Bonchev–Trinajstić information content (AvgIpc) is 3.03. The Balaban J connectivity index is 1.75. The molecule has 0 radical (unpaired) electrons. The van der Waals surface area contributed by atoms with Crippen LogP contribution in [-0.2, 0) is 9.53 Å². The minimum absolute atomic E-state index is 0.0991. The minimum Gasteiger partial charge on any atom is -0.465 e. The van der Waals surface area contributed by atoms with Crippen LogP contribution in [0.25, 0.3) is 0 Å². The number of carbonyl (C=O) groups excluding carboxylic acids is 1. The highest BCUT2D eigenvalue weighted by atomic mass is 32.2. The van der Waals surface area contributed by atoms with E-state index in [1.165, 1.54) is 6.42 Å². The van der Waals surface area contributed by atoms with E-state index in [9.17, 15) is 4.79 Å². The van der Waals surface area contributed by atoms with E-state index in [1.54, 1.807) is 11.8 Å². The van der Waals surface area contributed by atoms with Crippen LogP contribution in [-0.4, -0.2) is 17.8 Å². The second kappa shape index (κ2) is 5.58. The van der Waals surface area contributed by atoms with E-state index in [0.717, 1.165) is 10.8 Å². The topological polar surface area (TPSA) is 26.3 Å². The van der Waals surface area contributed by atoms with Gasteiger partial charge in [0.25, 0.3) is 0 Å². The maximum absolute atomic E-state index is 11.7. The summed E-state index contributed by atoms with van der Waals surface area (Å²) < 4.78 is 5.31. The van der Waals surface area contributed by atoms with Crippen LogP contribution in [0.3, 0.4) is 0 Å². The molecule has 0 bridgehead atoms. The summed E-state index contributed by atoms with van der Waals surface area (Å²) in [6.07, 6.45) is 1.20. The van der Waals surface area contributed by atoms with Gasteiger partial charge in [-0.2, -0.15) is 0 Å². The first-order valence-corrected chi connectivity index (χ1v) is 6.93. The lowest BCUT2D eigenvalue weighted by molar-refractivity contribution is -0.143. The lowest BCUT2D eigenvalue weighted by Crippen LogP contribution is -2.18. The van der Waals surface area contributed by atoms with Crippen LogP contribution in [0.1, 0.15) is 20.3 Å². The highest BCUT2D eigenvalue weighted by molar-refractivity contribution is 8.00. The maximum Gasteiger partial charge on any atom is 0.319 e.